The van der Waals surface area contributed by atoms with E-state index in [4.69, 9.17) is 0 Å². The molecule has 2 aromatic rings. The van der Waals surface area contributed by atoms with Crippen LogP contribution in [0, 0.1) is 12.3 Å². The van der Waals surface area contributed by atoms with Crippen LogP contribution >= 0.6 is 0 Å². The molecule has 1 saturated heterocycles. The van der Waals surface area contributed by atoms with Gasteiger partial charge < -0.3 is 4.90 Å². The molecule has 0 aromatic carbocycles. The average Bonchev–Trinajstić information content (AvgIpc) is 3.16. The highest BCUT2D eigenvalue weighted by Gasteiger charge is 2.36. The van der Waals surface area contributed by atoms with Gasteiger partial charge in [-0.1, -0.05) is 20.8 Å². The first kappa shape index (κ1) is 15.6. The Morgan fingerprint density at radius 2 is 2.13 bits per heavy atom. The normalized spacial score (nSPS) is 18.4. The van der Waals surface area contributed by atoms with Crippen molar-refractivity contribution in [3.63, 3.8) is 0 Å². The number of nitrogens with one attached hydrogen (secondary N) is 1. The second-order valence-corrected chi connectivity index (χ2v) is 7.10. The Hall–Kier alpha value is -2.24. The molecule has 122 valence electrons. The van der Waals surface area contributed by atoms with Crippen molar-refractivity contribution >= 4 is 5.91 Å². The molecule has 0 radical (unpaired) electrons. The van der Waals surface area contributed by atoms with Crippen LogP contribution in [-0.4, -0.2) is 37.5 Å². The Morgan fingerprint density at radius 3 is 2.78 bits per heavy atom. The van der Waals surface area contributed by atoms with Gasteiger partial charge in [-0.15, -0.1) is 0 Å². The molecule has 1 unspecified atom stereocenters. The molecule has 3 rings (SSSR count). The van der Waals surface area contributed by atoms with Gasteiger partial charge in [0.2, 0.25) is 5.91 Å². The standard InChI is InChI=1S/C17H23N5O/c1-11-19-13(12-7-8-18-21-12)10-14(20-11)15-6-5-9-22(15)16(23)17(2,3)4/h7-8,10,15H,5-6,9H2,1-4H3,(H,18,21). The third-order valence-electron chi connectivity index (χ3n) is 4.13. The van der Waals surface area contributed by atoms with Gasteiger partial charge in [-0.25, -0.2) is 9.97 Å². The van der Waals surface area contributed by atoms with Crippen LogP contribution in [-0.2, 0) is 4.79 Å². The second kappa shape index (κ2) is 5.76. The maximum absolute atomic E-state index is 12.7. The quantitative estimate of drug-likeness (QED) is 0.925. The zero-order valence-electron chi connectivity index (χ0n) is 14.1. The van der Waals surface area contributed by atoms with Gasteiger partial charge in [0, 0.05) is 18.2 Å². The highest BCUT2D eigenvalue weighted by atomic mass is 16.2. The molecule has 3 heterocycles. The number of hydrogen-bond acceptors (Lipinski definition) is 4. The van der Waals surface area contributed by atoms with E-state index in [0.717, 1.165) is 36.5 Å². The van der Waals surface area contributed by atoms with E-state index in [2.05, 4.69) is 20.2 Å². The molecule has 1 aliphatic heterocycles. The third-order valence-corrected chi connectivity index (χ3v) is 4.13. The fraction of sp³-hybridized carbons (Fsp3) is 0.529. The molecule has 0 bridgehead atoms. The van der Waals surface area contributed by atoms with Gasteiger partial charge in [-0.05, 0) is 31.9 Å². The number of carbonyl (C=O) groups excluding carboxylic acids is 1. The van der Waals surface area contributed by atoms with Crippen molar-refractivity contribution < 1.29 is 4.79 Å². The van der Waals surface area contributed by atoms with Crippen LogP contribution in [0.15, 0.2) is 18.3 Å². The van der Waals surface area contributed by atoms with Gasteiger partial charge in [-0.2, -0.15) is 5.10 Å². The van der Waals surface area contributed by atoms with Gasteiger partial charge in [0.05, 0.1) is 23.1 Å². The topological polar surface area (TPSA) is 74.8 Å². The summed E-state index contributed by atoms with van der Waals surface area (Å²) in [5, 5.41) is 6.92. The van der Waals surface area contributed by atoms with E-state index in [1.807, 2.05) is 44.7 Å². The fourth-order valence-electron chi connectivity index (χ4n) is 3.05. The predicted octanol–water partition coefficient (Wildman–Crippen LogP) is 2.88. The lowest BCUT2D eigenvalue weighted by Crippen LogP contribution is -2.39. The van der Waals surface area contributed by atoms with Crippen molar-refractivity contribution in [3.8, 4) is 11.4 Å². The van der Waals surface area contributed by atoms with Crippen molar-refractivity contribution in [2.45, 2.75) is 46.6 Å². The number of aromatic nitrogens is 4. The molecule has 0 spiro atoms. The number of likely N-dealkylation sites (tertiary alicyclic amines) is 1. The van der Waals surface area contributed by atoms with Gasteiger partial charge in [-0.3, -0.25) is 9.89 Å². The first-order valence-corrected chi connectivity index (χ1v) is 8.02. The minimum atomic E-state index is -0.378. The fourth-order valence-corrected chi connectivity index (χ4v) is 3.05. The second-order valence-electron chi connectivity index (χ2n) is 7.10. The minimum Gasteiger partial charge on any atom is -0.334 e. The van der Waals surface area contributed by atoms with Gasteiger partial charge in [0.25, 0.3) is 0 Å². The summed E-state index contributed by atoms with van der Waals surface area (Å²) in [5.41, 5.74) is 2.22. The van der Waals surface area contributed by atoms with E-state index in [1.165, 1.54) is 0 Å². The summed E-state index contributed by atoms with van der Waals surface area (Å²) in [6, 6.07) is 3.89. The molecule has 6 nitrogen and oxygen atoms in total. The van der Waals surface area contributed by atoms with Crippen molar-refractivity contribution in [1.29, 1.82) is 0 Å². The molecule has 6 heteroatoms. The number of aryl methyl sites for hydroxylation is 1. The molecule has 1 N–H and O–H groups in total. The average molecular weight is 313 g/mol. The number of nitrogens with zero attached hydrogens (tertiary/aromatic N) is 4. The van der Waals surface area contributed by atoms with Crippen LogP contribution < -0.4 is 0 Å². The van der Waals surface area contributed by atoms with Crippen LogP contribution in [0.4, 0.5) is 0 Å². The first-order valence-electron chi connectivity index (χ1n) is 8.02. The molecule has 2 aromatic heterocycles. The number of H-pyrrole nitrogens is 1. The molecule has 1 aliphatic rings. The van der Waals surface area contributed by atoms with Gasteiger partial charge in [0.15, 0.2) is 0 Å². The maximum atomic E-state index is 12.7. The maximum Gasteiger partial charge on any atom is 0.228 e. The van der Waals surface area contributed by atoms with Crippen LogP contribution in [0.3, 0.4) is 0 Å². The molecular formula is C17H23N5O. The Kier molecular flexibility index (Phi) is 3.92. The highest BCUT2D eigenvalue weighted by Crippen LogP contribution is 2.35. The summed E-state index contributed by atoms with van der Waals surface area (Å²) in [4.78, 5) is 23.8. The van der Waals surface area contributed by atoms with Crippen LogP contribution in [0.25, 0.3) is 11.4 Å². The van der Waals surface area contributed by atoms with Crippen molar-refractivity contribution in [2.75, 3.05) is 6.54 Å². The summed E-state index contributed by atoms with van der Waals surface area (Å²) in [6.45, 7) is 8.57. The number of carbonyl (C=O) groups is 1. The largest absolute Gasteiger partial charge is 0.334 e. The number of rotatable bonds is 2. The van der Waals surface area contributed by atoms with Crippen molar-refractivity contribution in [1.82, 2.24) is 25.1 Å². The Balaban J connectivity index is 1.96. The zero-order valence-corrected chi connectivity index (χ0v) is 14.1. The lowest BCUT2D eigenvalue weighted by atomic mass is 9.94. The summed E-state index contributed by atoms with van der Waals surface area (Å²) in [5.74, 6) is 0.890. The van der Waals surface area contributed by atoms with E-state index >= 15 is 0 Å². The smallest absolute Gasteiger partial charge is 0.228 e. The Morgan fingerprint density at radius 1 is 1.35 bits per heavy atom. The van der Waals surface area contributed by atoms with E-state index in [9.17, 15) is 4.79 Å². The SMILES string of the molecule is Cc1nc(-c2ccn[nH]2)cc(C2CCCN2C(=O)C(C)(C)C)n1. The zero-order chi connectivity index (χ0) is 16.6. The van der Waals surface area contributed by atoms with E-state index in [1.54, 1.807) is 6.20 Å². The number of amides is 1. The van der Waals surface area contributed by atoms with Gasteiger partial charge in [0.1, 0.15) is 5.82 Å². The van der Waals surface area contributed by atoms with Crippen LogP contribution in [0.5, 0.6) is 0 Å². The monoisotopic (exact) mass is 313 g/mol. The lowest BCUT2D eigenvalue weighted by molar-refractivity contribution is -0.140. The highest BCUT2D eigenvalue weighted by molar-refractivity contribution is 5.82. The predicted molar refractivity (Wildman–Crippen MR) is 87.5 cm³/mol. The molecule has 0 saturated carbocycles. The van der Waals surface area contributed by atoms with Crippen molar-refractivity contribution in [2.24, 2.45) is 5.41 Å². The van der Waals surface area contributed by atoms with E-state index in [0.29, 0.717) is 5.82 Å². The third kappa shape index (κ3) is 3.11. The molecular weight excluding hydrogens is 290 g/mol. The minimum absolute atomic E-state index is 0.0325. The summed E-state index contributed by atoms with van der Waals surface area (Å²) in [7, 11) is 0. The summed E-state index contributed by atoms with van der Waals surface area (Å²) >= 11 is 0. The number of hydrogen-bond donors (Lipinski definition) is 1. The molecule has 1 fully saturated rings. The number of aromatic amines is 1. The molecule has 1 atom stereocenters. The van der Waals surface area contributed by atoms with Crippen LogP contribution in [0.1, 0.15) is 51.2 Å². The molecule has 1 amide bonds. The summed E-state index contributed by atoms with van der Waals surface area (Å²) in [6.07, 6.45) is 3.66. The Bertz CT molecular complexity index is 702. The molecule has 0 aliphatic carbocycles. The Labute approximate surface area is 136 Å². The first-order chi connectivity index (χ1) is 10.9. The van der Waals surface area contributed by atoms with Crippen molar-refractivity contribution in [3.05, 3.63) is 29.8 Å². The lowest BCUT2D eigenvalue weighted by Gasteiger charge is -2.30. The van der Waals surface area contributed by atoms with Crippen LogP contribution in [0.2, 0.25) is 0 Å². The summed E-state index contributed by atoms with van der Waals surface area (Å²) < 4.78 is 0. The van der Waals surface area contributed by atoms with E-state index in [-0.39, 0.29) is 17.4 Å². The van der Waals surface area contributed by atoms with Gasteiger partial charge >= 0.3 is 0 Å². The molecule has 23 heavy (non-hydrogen) atoms. The van der Waals surface area contributed by atoms with E-state index < -0.39 is 0 Å².